The molecule has 0 aliphatic rings. The second-order valence-corrected chi connectivity index (χ2v) is 7.78. The van der Waals surface area contributed by atoms with E-state index in [1.54, 1.807) is 43.5 Å². The lowest BCUT2D eigenvalue weighted by Crippen LogP contribution is -2.27. The van der Waals surface area contributed by atoms with Crippen molar-refractivity contribution in [2.45, 2.75) is 6.54 Å². The van der Waals surface area contributed by atoms with Crippen LogP contribution in [0.3, 0.4) is 0 Å². The number of benzene rings is 2. The van der Waals surface area contributed by atoms with Gasteiger partial charge in [-0.15, -0.1) is 11.3 Å². The number of carbonyl (C=O) groups excluding carboxylic acids is 1. The van der Waals surface area contributed by atoms with E-state index in [1.165, 1.54) is 22.2 Å². The third-order valence-corrected chi connectivity index (χ3v) is 5.71. The first-order chi connectivity index (χ1) is 14.0. The number of amides is 1. The van der Waals surface area contributed by atoms with Gasteiger partial charge in [0.05, 0.1) is 19.0 Å². The van der Waals surface area contributed by atoms with Gasteiger partial charge < -0.3 is 10.1 Å². The molecule has 2 aromatic heterocycles. The Morgan fingerprint density at radius 2 is 2.00 bits per heavy atom. The Hall–Kier alpha value is -3.16. The summed E-state index contributed by atoms with van der Waals surface area (Å²) in [6, 6.07) is 16.3. The third kappa shape index (κ3) is 4.16. The summed E-state index contributed by atoms with van der Waals surface area (Å²) in [4.78, 5) is 30.5. The second-order valence-electron chi connectivity index (χ2n) is 6.29. The largest absolute Gasteiger partial charge is 0.497 e. The van der Waals surface area contributed by atoms with Crippen LogP contribution in [-0.2, 0) is 11.3 Å². The molecule has 4 aromatic rings. The van der Waals surface area contributed by atoms with Gasteiger partial charge in [-0.1, -0.05) is 29.8 Å². The van der Waals surface area contributed by atoms with Gasteiger partial charge in [-0.25, -0.2) is 4.98 Å². The lowest BCUT2D eigenvalue weighted by Gasteiger charge is -2.08. The summed E-state index contributed by atoms with van der Waals surface area (Å²) in [7, 11) is 1.56. The highest BCUT2D eigenvalue weighted by atomic mass is 35.5. The third-order valence-electron chi connectivity index (χ3n) is 4.30. The molecular weight excluding hydrogens is 410 g/mol. The number of hydrogen-bond acceptors (Lipinski definition) is 5. The number of nitrogens with one attached hydrogen (secondary N) is 1. The first kappa shape index (κ1) is 19.2. The lowest BCUT2D eigenvalue weighted by atomic mass is 10.2. The quantitative estimate of drug-likeness (QED) is 0.513. The number of rotatable bonds is 5. The van der Waals surface area contributed by atoms with Crippen LogP contribution < -0.4 is 15.6 Å². The predicted octanol–water partition coefficient (Wildman–Crippen LogP) is 4.43. The average Bonchev–Trinajstić information content (AvgIpc) is 3.16. The minimum Gasteiger partial charge on any atom is -0.497 e. The molecule has 2 aromatic carbocycles. The molecule has 1 amide bonds. The highest BCUT2D eigenvalue weighted by Crippen LogP contribution is 2.31. The van der Waals surface area contributed by atoms with Crippen molar-refractivity contribution in [3.63, 3.8) is 0 Å². The summed E-state index contributed by atoms with van der Waals surface area (Å²) in [5.74, 6) is 0.312. The fourth-order valence-electron chi connectivity index (χ4n) is 2.87. The molecule has 0 radical (unpaired) electrons. The predicted molar refractivity (Wildman–Crippen MR) is 116 cm³/mol. The number of hydrogen-bond donors (Lipinski definition) is 1. The fraction of sp³-hybridized carbons (Fsp3) is 0.0952. The fourth-order valence-corrected chi connectivity index (χ4v) is 4.06. The highest BCUT2D eigenvalue weighted by Gasteiger charge is 2.13. The monoisotopic (exact) mass is 425 g/mol. The van der Waals surface area contributed by atoms with Crippen LogP contribution in [0.25, 0.3) is 20.7 Å². The van der Waals surface area contributed by atoms with Gasteiger partial charge in [0.1, 0.15) is 17.0 Å². The van der Waals surface area contributed by atoms with Crippen LogP contribution in [0.15, 0.2) is 65.7 Å². The maximum absolute atomic E-state index is 12.8. The van der Waals surface area contributed by atoms with E-state index in [-0.39, 0.29) is 18.0 Å². The summed E-state index contributed by atoms with van der Waals surface area (Å²) in [5, 5.41) is 3.41. The molecule has 0 bridgehead atoms. The SMILES string of the molecule is COc1cccc(NC(=O)Cn2cnc3cc(-c4ccc(Cl)cc4)sc3c2=O)c1. The molecule has 29 heavy (non-hydrogen) atoms. The van der Waals surface area contributed by atoms with Crippen LogP contribution in [0.2, 0.25) is 5.02 Å². The molecule has 8 heteroatoms. The summed E-state index contributed by atoms with van der Waals surface area (Å²) in [5.41, 5.74) is 1.91. The van der Waals surface area contributed by atoms with E-state index in [2.05, 4.69) is 10.3 Å². The van der Waals surface area contributed by atoms with Gasteiger partial charge in [-0.3, -0.25) is 14.2 Å². The van der Waals surface area contributed by atoms with Crippen LogP contribution in [-0.4, -0.2) is 22.6 Å². The van der Waals surface area contributed by atoms with Crippen LogP contribution in [0.5, 0.6) is 5.75 Å². The molecule has 0 aliphatic carbocycles. The smallest absolute Gasteiger partial charge is 0.271 e. The van der Waals surface area contributed by atoms with Crippen LogP contribution in [0.1, 0.15) is 0 Å². The van der Waals surface area contributed by atoms with Crippen molar-refractivity contribution in [3.8, 4) is 16.2 Å². The van der Waals surface area contributed by atoms with Crippen LogP contribution in [0.4, 0.5) is 5.69 Å². The van der Waals surface area contributed by atoms with Crippen molar-refractivity contribution in [1.82, 2.24) is 9.55 Å². The Bertz CT molecular complexity index is 1250. The molecule has 0 spiro atoms. The van der Waals surface area contributed by atoms with E-state index in [1.807, 2.05) is 18.2 Å². The Morgan fingerprint density at radius 1 is 1.21 bits per heavy atom. The van der Waals surface area contributed by atoms with Crippen molar-refractivity contribution in [2.75, 3.05) is 12.4 Å². The van der Waals surface area contributed by atoms with Crippen LogP contribution >= 0.6 is 22.9 Å². The average molecular weight is 426 g/mol. The first-order valence-electron chi connectivity index (χ1n) is 8.72. The minimum absolute atomic E-state index is 0.132. The summed E-state index contributed by atoms with van der Waals surface area (Å²) in [6.07, 6.45) is 1.40. The molecule has 0 saturated heterocycles. The van der Waals surface area contributed by atoms with Crippen molar-refractivity contribution < 1.29 is 9.53 Å². The second kappa shape index (κ2) is 8.06. The van der Waals surface area contributed by atoms with E-state index in [4.69, 9.17) is 16.3 Å². The van der Waals surface area contributed by atoms with Gasteiger partial charge in [0, 0.05) is 21.7 Å². The lowest BCUT2D eigenvalue weighted by molar-refractivity contribution is -0.116. The summed E-state index contributed by atoms with van der Waals surface area (Å²) >= 11 is 7.29. The molecule has 0 aliphatic heterocycles. The zero-order valence-electron chi connectivity index (χ0n) is 15.4. The first-order valence-corrected chi connectivity index (χ1v) is 9.92. The number of anilines is 1. The molecule has 0 atom stereocenters. The zero-order chi connectivity index (χ0) is 20.4. The number of aromatic nitrogens is 2. The van der Waals surface area contributed by atoms with Gasteiger partial charge in [0.2, 0.25) is 5.91 Å². The molecule has 0 unspecified atom stereocenters. The molecular formula is C21H16ClN3O3S. The van der Waals surface area contributed by atoms with Gasteiger partial charge in [0.15, 0.2) is 0 Å². The highest BCUT2D eigenvalue weighted by molar-refractivity contribution is 7.22. The topological polar surface area (TPSA) is 73.2 Å². The van der Waals surface area contributed by atoms with E-state index in [9.17, 15) is 9.59 Å². The number of ether oxygens (including phenoxy) is 1. The van der Waals surface area contributed by atoms with Crippen molar-refractivity contribution in [3.05, 3.63) is 76.3 Å². The maximum Gasteiger partial charge on any atom is 0.271 e. The normalized spacial score (nSPS) is 10.8. The molecule has 1 N–H and O–H groups in total. The van der Waals surface area contributed by atoms with Crippen molar-refractivity contribution in [2.24, 2.45) is 0 Å². The van der Waals surface area contributed by atoms with Crippen molar-refractivity contribution >= 4 is 44.7 Å². The Morgan fingerprint density at radius 3 is 2.76 bits per heavy atom. The molecule has 2 heterocycles. The van der Waals surface area contributed by atoms with E-state index >= 15 is 0 Å². The van der Waals surface area contributed by atoms with Gasteiger partial charge >= 0.3 is 0 Å². The number of carbonyl (C=O) groups is 1. The van der Waals surface area contributed by atoms with Crippen LogP contribution in [0, 0.1) is 0 Å². The summed E-state index contributed by atoms with van der Waals surface area (Å²) in [6.45, 7) is -0.132. The summed E-state index contributed by atoms with van der Waals surface area (Å²) < 4.78 is 6.96. The Balaban J connectivity index is 1.57. The van der Waals surface area contributed by atoms with E-state index in [0.29, 0.717) is 26.7 Å². The number of thiophene rings is 1. The van der Waals surface area contributed by atoms with Crippen molar-refractivity contribution in [1.29, 1.82) is 0 Å². The van der Waals surface area contributed by atoms with E-state index in [0.717, 1.165) is 10.4 Å². The minimum atomic E-state index is -0.323. The molecule has 6 nitrogen and oxygen atoms in total. The zero-order valence-corrected chi connectivity index (χ0v) is 17.0. The number of methoxy groups -OCH3 is 1. The number of fused-ring (bicyclic) bond motifs is 1. The number of nitrogens with zero attached hydrogens (tertiary/aromatic N) is 2. The molecule has 4 rings (SSSR count). The maximum atomic E-state index is 12.8. The number of halogens is 1. The Labute approximate surface area is 175 Å². The standard InChI is InChI=1S/C21H16ClN3O3S/c1-28-16-4-2-3-15(9-16)24-19(26)11-25-12-23-17-10-18(29-20(17)21(25)27)13-5-7-14(22)8-6-13/h2-10,12H,11H2,1H3,(H,24,26). The van der Waals surface area contributed by atoms with E-state index < -0.39 is 0 Å². The molecule has 0 fully saturated rings. The van der Waals surface area contributed by atoms with Gasteiger partial charge in [-0.05, 0) is 35.9 Å². The molecule has 146 valence electrons. The molecule has 0 saturated carbocycles. The Kier molecular flexibility index (Phi) is 5.33. The van der Waals surface area contributed by atoms with Gasteiger partial charge in [-0.2, -0.15) is 0 Å². The van der Waals surface area contributed by atoms with Gasteiger partial charge in [0.25, 0.3) is 5.56 Å².